The molecule has 0 aliphatic carbocycles. The van der Waals surface area contributed by atoms with Gasteiger partial charge in [0.2, 0.25) is 0 Å². The number of anilines is 1. The Morgan fingerprint density at radius 1 is 1.30 bits per heavy atom. The zero-order valence-corrected chi connectivity index (χ0v) is 11.7. The minimum atomic E-state index is -0.613. The van der Waals surface area contributed by atoms with E-state index in [1.807, 2.05) is 6.92 Å². The summed E-state index contributed by atoms with van der Waals surface area (Å²) in [6, 6.07) is 4.72. The van der Waals surface area contributed by atoms with Crippen LogP contribution in [0.1, 0.15) is 30.1 Å². The van der Waals surface area contributed by atoms with Crippen molar-refractivity contribution in [2.24, 2.45) is 0 Å². The minimum absolute atomic E-state index is 0.108. The maximum Gasteiger partial charge on any atom is 0.344 e. The van der Waals surface area contributed by atoms with Crippen LogP contribution in [0.25, 0.3) is 0 Å². The lowest BCUT2D eigenvalue weighted by Gasteiger charge is -2.11. The van der Waals surface area contributed by atoms with Gasteiger partial charge in [-0.05, 0) is 18.6 Å². The molecule has 2 N–H and O–H groups in total. The quantitative estimate of drug-likeness (QED) is 0.465. The van der Waals surface area contributed by atoms with E-state index in [-0.39, 0.29) is 23.6 Å². The number of benzene rings is 1. The first-order valence-electron chi connectivity index (χ1n) is 6.35. The van der Waals surface area contributed by atoms with Crippen LogP contribution in [0.4, 0.5) is 5.69 Å². The Bertz CT molecular complexity index is 473. The third kappa shape index (κ3) is 4.46. The first-order chi connectivity index (χ1) is 9.60. The van der Waals surface area contributed by atoms with E-state index < -0.39 is 11.9 Å². The minimum Gasteiger partial charge on any atom is -0.481 e. The topological polar surface area (TPSA) is 87.9 Å². The average molecular weight is 281 g/mol. The summed E-state index contributed by atoms with van der Waals surface area (Å²) in [5, 5.41) is 0. The van der Waals surface area contributed by atoms with E-state index in [0.717, 1.165) is 12.8 Å². The molecule has 0 bridgehead atoms. The van der Waals surface area contributed by atoms with E-state index in [9.17, 15) is 9.59 Å². The third-order valence-corrected chi connectivity index (χ3v) is 2.55. The molecule has 6 heteroatoms. The van der Waals surface area contributed by atoms with Crippen molar-refractivity contribution in [1.82, 2.24) is 0 Å². The Kier molecular flexibility index (Phi) is 6.36. The molecule has 0 amide bonds. The molecular weight excluding hydrogens is 262 g/mol. The first kappa shape index (κ1) is 15.8. The number of hydrogen-bond donors (Lipinski definition) is 1. The third-order valence-electron chi connectivity index (χ3n) is 2.55. The van der Waals surface area contributed by atoms with Crippen LogP contribution in [0.5, 0.6) is 5.75 Å². The number of esters is 2. The van der Waals surface area contributed by atoms with Gasteiger partial charge in [0.15, 0.2) is 6.61 Å². The fraction of sp³-hybridized carbons (Fsp3) is 0.429. The molecule has 6 nitrogen and oxygen atoms in total. The molecule has 20 heavy (non-hydrogen) atoms. The fourth-order valence-corrected chi connectivity index (χ4v) is 1.50. The van der Waals surface area contributed by atoms with Gasteiger partial charge in [-0.15, -0.1) is 0 Å². The second-order valence-corrected chi connectivity index (χ2v) is 4.07. The Morgan fingerprint density at radius 2 is 2.05 bits per heavy atom. The molecular formula is C14H19NO5. The molecule has 0 aliphatic heterocycles. The van der Waals surface area contributed by atoms with Crippen LogP contribution in [-0.4, -0.2) is 32.3 Å². The largest absolute Gasteiger partial charge is 0.481 e. The van der Waals surface area contributed by atoms with Crippen LogP contribution in [-0.2, 0) is 14.3 Å². The summed E-state index contributed by atoms with van der Waals surface area (Å²) >= 11 is 0. The number of carbonyl (C=O) groups excluding carboxylic acids is 2. The van der Waals surface area contributed by atoms with E-state index in [2.05, 4.69) is 4.74 Å². The standard InChI is InChI=1S/C14H19NO5/c1-3-4-8-19-12(16)9-20-11-7-5-6-10(15)13(11)14(17)18-2/h5-7H,3-4,8-9,15H2,1-2H3. The van der Waals surface area contributed by atoms with Crippen molar-refractivity contribution in [3.05, 3.63) is 23.8 Å². The number of nitrogens with two attached hydrogens (primary N) is 1. The zero-order valence-electron chi connectivity index (χ0n) is 11.7. The Hall–Kier alpha value is -2.24. The van der Waals surface area contributed by atoms with Crippen molar-refractivity contribution in [2.45, 2.75) is 19.8 Å². The van der Waals surface area contributed by atoms with Gasteiger partial charge in [0, 0.05) is 5.69 Å². The highest BCUT2D eigenvalue weighted by atomic mass is 16.6. The number of methoxy groups -OCH3 is 1. The van der Waals surface area contributed by atoms with E-state index in [1.54, 1.807) is 18.2 Å². The molecule has 0 saturated heterocycles. The van der Waals surface area contributed by atoms with Crippen LogP contribution in [0.3, 0.4) is 0 Å². The van der Waals surface area contributed by atoms with Gasteiger partial charge in [-0.2, -0.15) is 0 Å². The van der Waals surface area contributed by atoms with Gasteiger partial charge in [0.05, 0.1) is 13.7 Å². The van der Waals surface area contributed by atoms with Crippen molar-refractivity contribution in [3.8, 4) is 5.75 Å². The van der Waals surface area contributed by atoms with Gasteiger partial charge in [0.25, 0.3) is 0 Å². The molecule has 0 aliphatic rings. The molecule has 0 atom stereocenters. The summed E-state index contributed by atoms with van der Waals surface area (Å²) in [6.45, 7) is 2.08. The van der Waals surface area contributed by atoms with Crippen molar-refractivity contribution < 1.29 is 23.8 Å². The molecule has 0 aromatic heterocycles. The maximum absolute atomic E-state index is 11.6. The summed E-state index contributed by atoms with van der Waals surface area (Å²) in [4.78, 5) is 23.0. The van der Waals surface area contributed by atoms with Crippen molar-refractivity contribution in [2.75, 3.05) is 26.1 Å². The number of carbonyl (C=O) groups is 2. The number of nitrogen functional groups attached to an aromatic ring is 1. The molecule has 0 heterocycles. The van der Waals surface area contributed by atoms with Crippen LogP contribution < -0.4 is 10.5 Å². The second-order valence-electron chi connectivity index (χ2n) is 4.07. The van der Waals surface area contributed by atoms with Gasteiger partial charge in [-0.1, -0.05) is 19.4 Å². The zero-order chi connectivity index (χ0) is 15.0. The molecule has 110 valence electrons. The summed E-state index contributed by atoms with van der Waals surface area (Å²) < 4.78 is 14.9. The van der Waals surface area contributed by atoms with Crippen molar-refractivity contribution in [3.63, 3.8) is 0 Å². The van der Waals surface area contributed by atoms with Crippen LogP contribution in [0.2, 0.25) is 0 Å². The Balaban J connectivity index is 2.66. The predicted molar refractivity (Wildman–Crippen MR) is 73.6 cm³/mol. The van der Waals surface area contributed by atoms with Crippen molar-refractivity contribution >= 4 is 17.6 Å². The molecule has 1 rings (SSSR count). The molecule has 0 saturated carbocycles. The van der Waals surface area contributed by atoms with Gasteiger partial charge >= 0.3 is 11.9 Å². The summed E-state index contributed by atoms with van der Waals surface area (Å²) in [6.07, 6.45) is 1.74. The highest BCUT2D eigenvalue weighted by Crippen LogP contribution is 2.25. The predicted octanol–water partition coefficient (Wildman–Crippen LogP) is 1.78. The molecule has 1 aromatic carbocycles. The second kappa shape index (κ2) is 8.04. The highest BCUT2D eigenvalue weighted by molar-refractivity contribution is 5.98. The average Bonchev–Trinajstić information content (AvgIpc) is 2.44. The lowest BCUT2D eigenvalue weighted by molar-refractivity contribution is -0.146. The van der Waals surface area contributed by atoms with Crippen LogP contribution in [0.15, 0.2) is 18.2 Å². The van der Waals surface area contributed by atoms with E-state index in [0.29, 0.717) is 6.61 Å². The Labute approximate surface area is 117 Å². The monoisotopic (exact) mass is 281 g/mol. The van der Waals surface area contributed by atoms with Gasteiger partial charge in [0.1, 0.15) is 11.3 Å². The summed E-state index contributed by atoms with van der Waals surface area (Å²) in [5.41, 5.74) is 6.04. The molecule has 0 radical (unpaired) electrons. The molecule has 0 spiro atoms. The van der Waals surface area contributed by atoms with Gasteiger partial charge in [-0.3, -0.25) is 0 Å². The SMILES string of the molecule is CCCCOC(=O)COc1cccc(N)c1C(=O)OC. The lowest BCUT2D eigenvalue weighted by atomic mass is 10.1. The number of rotatable bonds is 7. The first-order valence-corrected chi connectivity index (χ1v) is 6.35. The van der Waals surface area contributed by atoms with Crippen LogP contribution >= 0.6 is 0 Å². The smallest absolute Gasteiger partial charge is 0.344 e. The summed E-state index contributed by atoms with van der Waals surface area (Å²) in [7, 11) is 1.25. The maximum atomic E-state index is 11.6. The highest BCUT2D eigenvalue weighted by Gasteiger charge is 2.17. The van der Waals surface area contributed by atoms with E-state index in [4.69, 9.17) is 15.2 Å². The number of ether oxygens (including phenoxy) is 3. The fourth-order valence-electron chi connectivity index (χ4n) is 1.50. The Morgan fingerprint density at radius 3 is 2.70 bits per heavy atom. The normalized spacial score (nSPS) is 9.90. The van der Waals surface area contributed by atoms with Gasteiger partial charge in [-0.25, -0.2) is 9.59 Å². The van der Waals surface area contributed by atoms with Crippen LogP contribution in [0, 0.1) is 0 Å². The van der Waals surface area contributed by atoms with E-state index in [1.165, 1.54) is 7.11 Å². The van der Waals surface area contributed by atoms with E-state index >= 15 is 0 Å². The molecule has 1 aromatic rings. The molecule has 0 fully saturated rings. The molecule has 0 unspecified atom stereocenters. The van der Waals surface area contributed by atoms with Gasteiger partial charge < -0.3 is 19.9 Å². The summed E-state index contributed by atoms with van der Waals surface area (Å²) in [5.74, 6) is -0.904. The van der Waals surface area contributed by atoms with Crippen molar-refractivity contribution in [1.29, 1.82) is 0 Å². The number of hydrogen-bond acceptors (Lipinski definition) is 6. The number of unbranched alkanes of at least 4 members (excludes halogenated alkanes) is 1. The lowest BCUT2D eigenvalue weighted by Crippen LogP contribution is -2.17.